The Morgan fingerprint density at radius 1 is 1.30 bits per heavy atom. The Hall–Kier alpha value is -0.0800. The maximum atomic E-state index is 5.38. The van der Waals surface area contributed by atoms with Gasteiger partial charge in [-0.25, -0.2) is 0 Å². The van der Waals surface area contributed by atoms with E-state index in [1.807, 2.05) is 0 Å². The summed E-state index contributed by atoms with van der Waals surface area (Å²) in [6.07, 6.45) is 4.59. The SMILES string of the molecule is CCCC1OC1CCOC. The highest BCUT2D eigenvalue weighted by molar-refractivity contribution is 4.83. The van der Waals surface area contributed by atoms with E-state index in [-0.39, 0.29) is 0 Å². The van der Waals surface area contributed by atoms with Crippen molar-refractivity contribution in [3.05, 3.63) is 0 Å². The van der Waals surface area contributed by atoms with Crippen LogP contribution in [0.25, 0.3) is 0 Å². The second-order valence-electron chi connectivity index (χ2n) is 2.78. The molecular weight excluding hydrogens is 128 g/mol. The first kappa shape index (κ1) is 8.02. The highest BCUT2D eigenvalue weighted by atomic mass is 16.6. The van der Waals surface area contributed by atoms with Crippen molar-refractivity contribution in [2.45, 2.75) is 38.4 Å². The quantitative estimate of drug-likeness (QED) is 0.546. The number of hydrogen-bond donors (Lipinski definition) is 0. The van der Waals surface area contributed by atoms with E-state index < -0.39 is 0 Å². The van der Waals surface area contributed by atoms with Crippen molar-refractivity contribution in [1.29, 1.82) is 0 Å². The molecule has 60 valence electrons. The van der Waals surface area contributed by atoms with Crippen molar-refractivity contribution in [2.75, 3.05) is 13.7 Å². The second kappa shape index (κ2) is 3.94. The van der Waals surface area contributed by atoms with Gasteiger partial charge in [0.1, 0.15) is 0 Å². The molecule has 1 rings (SSSR count). The van der Waals surface area contributed by atoms with E-state index in [2.05, 4.69) is 6.92 Å². The van der Waals surface area contributed by atoms with Gasteiger partial charge in [-0.2, -0.15) is 0 Å². The Kier molecular flexibility index (Phi) is 3.16. The molecule has 2 nitrogen and oxygen atoms in total. The van der Waals surface area contributed by atoms with Gasteiger partial charge in [-0.1, -0.05) is 13.3 Å². The summed E-state index contributed by atoms with van der Waals surface area (Å²) in [4.78, 5) is 0. The lowest BCUT2D eigenvalue weighted by Gasteiger charge is -1.92. The van der Waals surface area contributed by atoms with Crippen LogP contribution in [0.5, 0.6) is 0 Å². The van der Waals surface area contributed by atoms with E-state index in [1.165, 1.54) is 12.8 Å². The zero-order valence-electron chi connectivity index (χ0n) is 6.80. The average Bonchev–Trinajstić information content (AvgIpc) is 2.65. The standard InChI is InChI=1S/C8H16O2/c1-3-4-7-8(10-7)5-6-9-2/h7-8H,3-6H2,1-2H3. The number of methoxy groups -OCH3 is 1. The van der Waals surface area contributed by atoms with Gasteiger partial charge in [-0.05, 0) is 12.8 Å². The third-order valence-corrected chi connectivity index (χ3v) is 1.87. The Morgan fingerprint density at radius 2 is 2.00 bits per heavy atom. The molecular formula is C8H16O2. The summed E-state index contributed by atoms with van der Waals surface area (Å²) in [5.74, 6) is 0. The molecule has 1 heterocycles. The van der Waals surface area contributed by atoms with Gasteiger partial charge in [0.05, 0.1) is 12.2 Å². The van der Waals surface area contributed by atoms with Crippen molar-refractivity contribution in [1.82, 2.24) is 0 Å². The minimum atomic E-state index is 0.514. The molecule has 0 bridgehead atoms. The molecule has 1 aliphatic heterocycles. The van der Waals surface area contributed by atoms with Crippen molar-refractivity contribution >= 4 is 0 Å². The normalized spacial score (nSPS) is 30.6. The average molecular weight is 144 g/mol. The maximum Gasteiger partial charge on any atom is 0.0863 e. The summed E-state index contributed by atoms with van der Waals surface area (Å²) in [7, 11) is 1.73. The number of ether oxygens (including phenoxy) is 2. The third kappa shape index (κ3) is 2.27. The number of rotatable bonds is 5. The molecule has 0 aromatic heterocycles. The molecule has 0 aliphatic carbocycles. The molecule has 1 saturated heterocycles. The number of epoxide rings is 1. The summed E-state index contributed by atoms with van der Waals surface area (Å²) in [5.41, 5.74) is 0. The predicted molar refractivity (Wildman–Crippen MR) is 40.1 cm³/mol. The predicted octanol–water partition coefficient (Wildman–Crippen LogP) is 1.59. The van der Waals surface area contributed by atoms with Crippen LogP contribution >= 0.6 is 0 Å². The zero-order valence-corrected chi connectivity index (χ0v) is 6.80. The lowest BCUT2D eigenvalue weighted by molar-refractivity contribution is 0.184. The molecule has 1 aliphatic rings. The van der Waals surface area contributed by atoms with E-state index in [1.54, 1.807) is 7.11 Å². The van der Waals surface area contributed by atoms with Crippen LogP contribution in [-0.4, -0.2) is 25.9 Å². The van der Waals surface area contributed by atoms with Gasteiger partial charge in [0.2, 0.25) is 0 Å². The van der Waals surface area contributed by atoms with E-state index >= 15 is 0 Å². The summed E-state index contributed by atoms with van der Waals surface area (Å²) in [6, 6.07) is 0. The molecule has 2 unspecified atom stereocenters. The molecule has 1 fully saturated rings. The molecule has 0 N–H and O–H groups in total. The van der Waals surface area contributed by atoms with Crippen LogP contribution < -0.4 is 0 Å². The van der Waals surface area contributed by atoms with Crippen molar-refractivity contribution in [3.8, 4) is 0 Å². The van der Waals surface area contributed by atoms with Gasteiger partial charge < -0.3 is 9.47 Å². The second-order valence-corrected chi connectivity index (χ2v) is 2.78. The lowest BCUT2D eigenvalue weighted by Crippen LogP contribution is -1.98. The van der Waals surface area contributed by atoms with Crippen LogP contribution in [0.2, 0.25) is 0 Å². The highest BCUT2D eigenvalue weighted by Gasteiger charge is 2.36. The van der Waals surface area contributed by atoms with E-state index in [0.717, 1.165) is 13.0 Å². The van der Waals surface area contributed by atoms with Crippen LogP contribution in [0.1, 0.15) is 26.2 Å². The van der Waals surface area contributed by atoms with Gasteiger partial charge in [-0.15, -0.1) is 0 Å². The fourth-order valence-electron chi connectivity index (χ4n) is 1.21. The van der Waals surface area contributed by atoms with Crippen molar-refractivity contribution in [2.24, 2.45) is 0 Å². The first-order chi connectivity index (χ1) is 4.88. The smallest absolute Gasteiger partial charge is 0.0863 e. The summed E-state index contributed by atoms with van der Waals surface area (Å²) < 4.78 is 10.3. The summed E-state index contributed by atoms with van der Waals surface area (Å²) in [5, 5.41) is 0. The van der Waals surface area contributed by atoms with Gasteiger partial charge in [0.25, 0.3) is 0 Å². The van der Waals surface area contributed by atoms with Crippen LogP contribution in [0.15, 0.2) is 0 Å². The van der Waals surface area contributed by atoms with Crippen molar-refractivity contribution in [3.63, 3.8) is 0 Å². The molecule has 10 heavy (non-hydrogen) atoms. The first-order valence-electron chi connectivity index (χ1n) is 4.03. The monoisotopic (exact) mass is 144 g/mol. The largest absolute Gasteiger partial charge is 0.385 e. The van der Waals surface area contributed by atoms with Crippen LogP contribution in [0, 0.1) is 0 Å². The molecule has 2 atom stereocenters. The van der Waals surface area contributed by atoms with E-state index in [4.69, 9.17) is 9.47 Å². The molecule has 0 saturated carbocycles. The van der Waals surface area contributed by atoms with Gasteiger partial charge in [0, 0.05) is 13.7 Å². The Morgan fingerprint density at radius 3 is 2.60 bits per heavy atom. The Bertz CT molecular complexity index is 93.3. The third-order valence-electron chi connectivity index (χ3n) is 1.87. The molecule has 0 aromatic carbocycles. The highest BCUT2D eigenvalue weighted by Crippen LogP contribution is 2.28. The summed E-state index contributed by atoms with van der Waals surface area (Å²) in [6.45, 7) is 3.03. The summed E-state index contributed by atoms with van der Waals surface area (Å²) >= 11 is 0. The van der Waals surface area contributed by atoms with Crippen LogP contribution in [0.3, 0.4) is 0 Å². The first-order valence-corrected chi connectivity index (χ1v) is 4.03. The van der Waals surface area contributed by atoms with Gasteiger partial charge in [-0.3, -0.25) is 0 Å². The van der Waals surface area contributed by atoms with E-state index in [9.17, 15) is 0 Å². The zero-order chi connectivity index (χ0) is 7.40. The minimum Gasteiger partial charge on any atom is -0.385 e. The van der Waals surface area contributed by atoms with Crippen LogP contribution in [0.4, 0.5) is 0 Å². The molecule has 0 aromatic rings. The van der Waals surface area contributed by atoms with Crippen LogP contribution in [-0.2, 0) is 9.47 Å². The van der Waals surface area contributed by atoms with Gasteiger partial charge in [0.15, 0.2) is 0 Å². The molecule has 0 amide bonds. The minimum absolute atomic E-state index is 0.514. The van der Waals surface area contributed by atoms with E-state index in [0.29, 0.717) is 12.2 Å². The topological polar surface area (TPSA) is 21.8 Å². The lowest BCUT2D eigenvalue weighted by atomic mass is 10.2. The molecule has 2 heteroatoms. The maximum absolute atomic E-state index is 5.38. The Balaban J connectivity index is 1.92. The number of hydrogen-bond acceptors (Lipinski definition) is 2. The fraction of sp³-hybridized carbons (Fsp3) is 1.00. The van der Waals surface area contributed by atoms with Gasteiger partial charge >= 0.3 is 0 Å². The van der Waals surface area contributed by atoms with Crippen molar-refractivity contribution < 1.29 is 9.47 Å². The fourth-order valence-corrected chi connectivity index (χ4v) is 1.21. The Labute approximate surface area is 62.5 Å². The molecule has 0 radical (unpaired) electrons. The molecule has 0 spiro atoms.